The lowest BCUT2D eigenvalue weighted by atomic mass is 10.0. The molecule has 0 spiro atoms. The van der Waals surface area contributed by atoms with Crippen LogP contribution in [0.15, 0.2) is 72.9 Å². The number of unbranched alkanes of at least 4 members (excludes halogenated alkanes) is 20. The zero-order valence-electron chi connectivity index (χ0n) is 37.8. The van der Waals surface area contributed by atoms with E-state index < -0.39 is 12.1 Å². The third-order valence-corrected chi connectivity index (χ3v) is 9.98. The van der Waals surface area contributed by atoms with E-state index in [0.29, 0.717) is 12.8 Å². The van der Waals surface area contributed by atoms with Gasteiger partial charge in [-0.2, -0.15) is 0 Å². The van der Waals surface area contributed by atoms with Gasteiger partial charge in [0.05, 0.1) is 6.42 Å². The number of carbonyl (C=O) groups excluding carboxylic acids is 3. The van der Waals surface area contributed by atoms with Crippen LogP contribution in [-0.2, 0) is 28.6 Å². The van der Waals surface area contributed by atoms with Gasteiger partial charge in [0.25, 0.3) is 0 Å². The molecule has 0 saturated heterocycles. The molecule has 6 nitrogen and oxygen atoms in total. The Morgan fingerprint density at radius 1 is 0.379 bits per heavy atom. The molecule has 0 aliphatic heterocycles. The summed E-state index contributed by atoms with van der Waals surface area (Å²) in [5.41, 5.74) is 0. The van der Waals surface area contributed by atoms with Crippen LogP contribution in [0.4, 0.5) is 0 Å². The number of allylic oxidation sites excluding steroid dienone is 11. The van der Waals surface area contributed by atoms with Gasteiger partial charge in [0, 0.05) is 12.8 Å². The van der Waals surface area contributed by atoms with Crippen molar-refractivity contribution in [2.24, 2.45) is 0 Å². The van der Waals surface area contributed by atoms with Gasteiger partial charge in [0.15, 0.2) is 6.10 Å². The van der Waals surface area contributed by atoms with E-state index in [0.717, 1.165) is 83.5 Å². The van der Waals surface area contributed by atoms with Gasteiger partial charge in [-0.25, -0.2) is 0 Å². The number of carbonyl (C=O) groups is 3. The van der Waals surface area contributed by atoms with Gasteiger partial charge in [-0.15, -0.1) is 0 Å². The summed E-state index contributed by atoms with van der Waals surface area (Å²) in [5.74, 6) is -1.05. The fourth-order valence-electron chi connectivity index (χ4n) is 6.38. The highest BCUT2D eigenvalue weighted by atomic mass is 16.6. The molecule has 0 N–H and O–H groups in total. The minimum atomic E-state index is -0.814. The fourth-order valence-corrected chi connectivity index (χ4v) is 6.38. The van der Waals surface area contributed by atoms with Crippen molar-refractivity contribution in [3.05, 3.63) is 72.9 Å². The SMILES string of the molecule is CC/C=C\C/C=C\C/C=C\C/C=C\C/C=C\CC(=O)OCC(COC(=O)CCCCCCC/C=C\CCCC)OC(=O)CCCCCCCCCCCCCCCC. The third-order valence-electron chi connectivity index (χ3n) is 9.98. The molecular formula is C52H88O6. The minimum absolute atomic E-state index is 0.109. The molecular weight excluding hydrogens is 721 g/mol. The Kier molecular flexibility index (Phi) is 44.0. The second kappa shape index (κ2) is 46.5. The van der Waals surface area contributed by atoms with Gasteiger partial charge in [0.1, 0.15) is 13.2 Å². The predicted octanol–water partition coefficient (Wildman–Crippen LogP) is 15.5. The molecule has 0 heterocycles. The first-order chi connectivity index (χ1) is 28.5. The molecule has 0 aliphatic rings. The van der Waals surface area contributed by atoms with Crippen LogP contribution >= 0.6 is 0 Å². The molecule has 0 amide bonds. The highest BCUT2D eigenvalue weighted by Crippen LogP contribution is 2.14. The van der Waals surface area contributed by atoms with Crippen molar-refractivity contribution in [2.75, 3.05) is 13.2 Å². The van der Waals surface area contributed by atoms with E-state index in [9.17, 15) is 14.4 Å². The molecule has 1 unspecified atom stereocenters. The van der Waals surface area contributed by atoms with Gasteiger partial charge < -0.3 is 14.2 Å². The first-order valence-electron chi connectivity index (χ1n) is 23.9. The average Bonchev–Trinajstić information content (AvgIpc) is 3.22. The first kappa shape index (κ1) is 54.9. The fraction of sp³-hybridized carbons (Fsp3) is 0.712. The molecule has 0 aliphatic carbocycles. The van der Waals surface area contributed by atoms with E-state index in [2.05, 4.69) is 81.5 Å². The Morgan fingerprint density at radius 2 is 0.759 bits per heavy atom. The van der Waals surface area contributed by atoms with Crippen LogP contribution in [0, 0.1) is 0 Å². The molecule has 0 aromatic carbocycles. The number of hydrogen-bond acceptors (Lipinski definition) is 6. The molecule has 0 rings (SSSR count). The Labute approximate surface area is 357 Å². The lowest BCUT2D eigenvalue weighted by molar-refractivity contribution is -0.166. The standard InChI is InChI=1S/C52H88O6/c1-4-7-10-13-16-19-22-24-26-28-30-33-36-39-42-45-51(54)57-48-49(47-56-50(53)44-41-38-35-32-29-21-18-15-12-9-6-3)58-52(55)46-43-40-37-34-31-27-25-23-20-17-14-11-8-5-2/h7,10,15-16,18-19,24,26,30,33,39,42,49H,4-6,8-9,11-14,17,20-23,25,27-29,31-32,34-38,40-41,43-48H2,1-3H3/b10-7-,18-15-,19-16-,26-24-,33-30-,42-39-. The lowest BCUT2D eigenvalue weighted by Crippen LogP contribution is -2.30. The normalized spacial score (nSPS) is 12.7. The smallest absolute Gasteiger partial charge is 0.309 e. The Balaban J connectivity index is 4.50. The van der Waals surface area contributed by atoms with Gasteiger partial charge >= 0.3 is 17.9 Å². The molecule has 0 fully saturated rings. The van der Waals surface area contributed by atoms with Crippen LogP contribution < -0.4 is 0 Å². The van der Waals surface area contributed by atoms with Gasteiger partial charge in [0.2, 0.25) is 0 Å². The summed E-state index contributed by atoms with van der Waals surface area (Å²) in [7, 11) is 0. The molecule has 0 saturated carbocycles. The van der Waals surface area contributed by atoms with Crippen molar-refractivity contribution in [3.63, 3.8) is 0 Å². The van der Waals surface area contributed by atoms with Crippen molar-refractivity contribution in [1.82, 2.24) is 0 Å². The molecule has 0 bridgehead atoms. The predicted molar refractivity (Wildman–Crippen MR) is 247 cm³/mol. The van der Waals surface area contributed by atoms with E-state index in [-0.39, 0.29) is 31.6 Å². The van der Waals surface area contributed by atoms with Crippen LogP contribution in [0.25, 0.3) is 0 Å². The first-order valence-corrected chi connectivity index (χ1v) is 23.9. The maximum atomic E-state index is 12.7. The molecule has 58 heavy (non-hydrogen) atoms. The molecule has 332 valence electrons. The Morgan fingerprint density at radius 3 is 1.24 bits per heavy atom. The number of esters is 3. The molecule has 6 heteroatoms. The second-order valence-electron chi connectivity index (χ2n) is 15.7. The average molecular weight is 809 g/mol. The van der Waals surface area contributed by atoms with Crippen LogP contribution in [0.5, 0.6) is 0 Å². The zero-order chi connectivity index (χ0) is 42.3. The number of rotatable bonds is 42. The van der Waals surface area contributed by atoms with Crippen molar-refractivity contribution in [2.45, 2.75) is 226 Å². The Hall–Kier alpha value is -3.15. The summed E-state index contributed by atoms with van der Waals surface area (Å²) in [6, 6.07) is 0. The third kappa shape index (κ3) is 44.0. The van der Waals surface area contributed by atoms with E-state index in [1.807, 2.05) is 6.08 Å². The topological polar surface area (TPSA) is 78.9 Å². The summed E-state index contributed by atoms with van der Waals surface area (Å²) >= 11 is 0. The van der Waals surface area contributed by atoms with E-state index >= 15 is 0 Å². The number of hydrogen-bond donors (Lipinski definition) is 0. The molecule has 1 atom stereocenters. The lowest BCUT2D eigenvalue weighted by Gasteiger charge is -2.18. The van der Waals surface area contributed by atoms with E-state index in [4.69, 9.17) is 14.2 Å². The maximum Gasteiger partial charge on any atom is 0.309 e. The highest BCUT2D eigenvalue weighted by Gasteiger charge is 2.19. The summed E-state index contributed by atoms with van der Waals surface area (Å²) in [4.78, 5) is 37.7. The van der Waals surface area contributed by atoms with Crippen LogP contribution in [-0.4, -0.2) is 37.2 Å². The molecule has 0 aromatic heterocycles. The summed E-state index contributed by atoms with van der Waals surface area (Å²) in [6.45, 7) is 6.38. The molecule has 0 radical (unpaired) electrons. The van der Waals surface area contributed by atoms with E-state index in [1.165, 1.54) is 96.3 Å². The van der Waals surface area contributed by atoms with Crippen LogP contribution in [0.2, 0.25) is 0 Å². The summed E-state index contributed by atoms with van der Waals surface area (Å²) in [6.07, 6.45) is 57.6. The summed E-state index contributed by atoms with van der Waals surface area (Å²) in [5, 5.41) is 0. The van der Waals surface area contributed by atoms with Gasteiger partial charge in [-0.3, -0.25) is 14.4 Å². The minimum Gasteiger partial charge on any atom is -0.462 e. The monoisotopic (exact) mass is 809 g/mol. The van der Waals surface area contributed by atoms with Gasteiger partial charge in [-0.1, -0.05) is 209 Å². The second-order valence-corrected chi connectivity index (χ2v) is 15.7. The van der Waals surface area contributed by atoms with Crippen LogP contribution in [0.3, 0.4) is 0 Å². The van der Waals surface area contributed by atoms with Crippen molar-refractivity contribution < 1.29 is 28.6 Å². The Bertz CT molecular complexity index is 1110. The van der Waals surface area contributed by atoms with Crippen molar-refractivity contribution in [3.8, 4) is 0 Å². The largest absolute Gasteiger partial charge is 0.462 e. The van der Waals surface area contributed by atoms with Crippen molar-refractivity contribution >= 4 is 17.9 Å². The molecule has 0 aromatic rings. The van der Waals surface area contributed by atoms with E-state index in [1.54, 1.807) is 6.08 Å². The number of ether oxygens (including phenoxy) is 3. The quantitative estimate of drug-likeness (QED) is 0.0264. The van der Waals surface area contributed by atoms with Crippen LogP contribution in [0.1, 0.15) is 220 Å². The zero-order valence-corrected chi connectivity index (χ0v) is 37.8. The van der Waals surface area contributed by atoms with Gasteiger partial charge in [-0.05, 0) is 64.2 Å². The maximum absolute atomic E-state index is 12.7. The highest BCUT2D eigenvalue weighted by molar-refractivity contribution is 5.72. The van der Waals surface area contributed by atoms with Crippen molar-refractivity contribution in [1.29, 1.82) is 0 Å². The summed E-state index contributed by atoms with van der Waals surface area (Å²) < 4.78 is 16.6.